The Labute approximate surface area is 126 Å². The minimum atomic E-state index is 0.721. The summed E-state index contributed by atoms with van der Waals surface area (Å²) in [5.41, 5.74) is 3.40. The summed E-state index contributed by atoms with van der Waals surface area (Å²) in [4.78, 5) is 4.32. The Morgan fingerprint density at radius 2 is 2.05 bits per heavy atom. The Hall–Kier alpha value is -2.07. The van der Waals surface area contributed by atoms with Gasteiger partial charge in [0.15, 0.2) is 0 Å². The van der Waals surface area contributed by atoms with Gasteiger partial charge in [0, 0.05) is 37.3 Å². The number of anilines is 3. The van der Waals surface area contributed by atoms with Crippen molar-refractivity contribution >= 4 is 17.2 Å². The summed E-state index contributed by atoms with van der Waals surface area (Å²) in [6.45, 7) is 3.79. The van der Waals surface area contributed by atoms with Crippen LogP contribution in [0, 0.1) is 0 Å². The summed E-state index contributed by atoms with van der Waals surface area (Å²) in [7, 11) is 1.73. The maximum absolute atomic E-state index is 5.17. The van der Waals surface area contributed by atoms with Gasteiger partial charge in [-0.1, -0.05) is 25.1 Å². The second kappa shape index (κ2) is 8.27. The predicted octanol–water partition coefficient (Wildman–Crippen LogP) is 3.84. The molecule has 0 spiro atoms. The Morgan fingerprint density at radius 3 is 2.86 bits per heavy atom. The molecule has 2 aromatic rings. The minimum absolute atomic E-state index is 0.721. The van der Waals surface area contributed by atoms with E-state index in [-0.39, 0.29) is 0 Å². The zero-order valence-electron chi connectivity index (χ0n) is 12.7. The minimum Gasteiger partial charge on any atom is -0.384 e. The van der Waals surface area contributed by atoms with Gasteiger partial charge in [0.25, 0.3) is 0 Å². The van der Waals surface area contributed by atoms with Gasteiger partial charge >= 0.3 is 0 Å². The molecule has 0 aliphatic carbocycles. The van der Waals surface area contributed by atoms with Crippen molar-refractivity contribution in [1.82, 2.24) is 4.98 Å². The zero-order chi connectivity index (χ0) is 14.9. The lowest BCUT2D eigenvalue weighted by Crippen LogP contribution is -2.03. The number of nitrogens with zero attached hydrogens (tertiary/aromatic N) is 1. The monoisotopic (exact) mass is 285 g/mol. The van der Waals surface area contributed by atoms with Gasteiger partial charge in [0.1, 0.15) is 5.82 Å². The van der Waals surface area contributed by atoms with Crippen molar-refractivity contribution in [3.8, 4) is 0 Å². The van der Waals surface area contributed by atoms with Crippen LogP contribution in [0.3, 0.4) is 0 Å². The first-order chi connectivity index (χ1) is 10.3. The fraction of sp³-hybridized carbons (Fsp3) is 0.353. The van der Waals surface area contributed by atoms with Crippen LogP contribution in [-0.4, -0.2) is 25.2 Å². The van der Waals surface area contributed by atoms with Gasteiger partial charge in [-0.25, -0.2) is 4.98 Å². The lowest BCUT2D eigenvalue weighted by atomic mass is 10.1. The zero-order valence-corrected chi connectivity index (χ0v) is 12.7. The molecule has 2 rings (SSSR count). The quantitative estimate of drug-likeness (QED) is 0.773. The molecule has 0 aliphatic rings. The second-order valence-electron chi connectivity index (χ2n) is 4.88. The third-order valence-corrected chi connectivity index (χ3v) is 3.19. The van der Waals surface area contributed by atoms with Crippen LogP contribution >= 0.6 is 0 Å². The van der Waals surface area contributed by atoms with Crippen LogP contribution in [-0.2, 0) is 11.2 Å². The van der Waals surface area contributed by atoms with E-state index in [2.05, 4.69) is 40.7 Å². The van der Waals surface area contributed by atoms with E-state index in [4.69, 9.17) is 4.74 Å². The third-order valence-electron chi connectivity index (χ3n) is 3.19. The highest BCUT2D eigenvalue weighted by Gasteiger charge is 2.03. The molecule has 0 unspecified atom stereocenters. The van der Waals surface area contributed by atoms with Crippen molar-refractivity contribution in [1.29, 1.82) is 0 Å². The molecular weight excluding hydrogens is 262 g/mol. The number of pyridine rings is 1. The number of rotatable bonds is 8. The van der Waals surface area contributed by atoms with E-state index in [1.54, 1.807) is 7.11 Å². The van der Waals surface area contributed by atoms with Crippen LogP contribution in [0.2, 0.25) is 0 Å². The van der Waals surface area contributed by atoms with Gasteiger partial charge in [-0.3, -0.25) is 0 Å². The Balaban J connectivity index is 2.10. The number of hydrogen-bond acceptors (Lipinski definition) is 4. The largest absolute Gasteiger partial charge is 0.384 e. The maximum Gasteiger partial charge on any atom is 0.127 e. The highest BCUT2D eigenvalue weighted by Crippen LogP contribution is 2.22. The van der Waals surface area contributed by atoms with Crippen molar-refractivity contribution in [2.24, 2.45) is 0 Å². The highest BCUT2D eigenvalue weighted by molar-refractivity contribution is 5.65. The summed E-state index contributed by atoms with van der Waals surface area (Å²) in [6.07, 6.45) is 3.79. The molecule has 1 aromatic heterocycles. The van der Waals surface area contributed by atoms with Gasteiger partial charge < -0.3 is 15.4 Å². The SMILES string of the molecule is CCCNc1cc(Nc2ccccc2CCOC)ccn1. The second-order valence-corrected chi connectivity index (χ2v) is 4.88. The normalized spacial score (nSPS) is 10.4. The Morgan fingerprint density at radius 1 is 1.19 bits per heavy atom. The van der Waals surface area contributed by atoms with E-state index in [0.29, 0.717) is 0 Å². The molecule has 4 nitrogen and oxygen atoms in total. The molecule has 0 aliphatic heterocycles. The average Bonchev–Trinajstić information content (AvgIpc) is 2.52. The topological polar surface area (TPSA) is 46.2 Å². The average molecular weight is 285 g/mol. The molecule has 1 heterocycles. The summed E-state index contributed by atoms with van der Waals surface area (Å²) in [5, 5.41) is 6.76. The molecular formula is C17H23N3O. The number of benzene rings is 1. The van der Waals surface area contributed by atoms with Gasteiger partial charge in [0.05, 0.1) is 6.61 Å². The van der Waals surface area contributed by atoms with Crippen molar-refractivity contribution in [2.75, 3.05) is 30.9 Å². The lowest BCUT2D eigenvalue weighted by Gasteiger charge is -2.13. The van der Waals surface area contributed by atoms with E-state index in [1.807, 2.05) is 24.4 Å². The Kier molecular flexibility index (Phi) is 6.03. The molecule has 4 heteroatoms. The van der Waals surface area contributed by atoms with E-state index in [1.165, 1.54) is 5.56 Å². The number of nitrogens with one attached hydrogen (secondary N) is 2. The van der Waals surface area contributed by atoms with E-state index in [0.717, 1.165) is 43.2 Å². The molecule has 0 amide bonds. The summed E-state index contributed by atoms with van der Waals surface area (Å²) in [6, 6.07) is 12.3. The first kappa shape index (κ1) is 15.3. The van der Waals surface area contributed by atoms with Crippen LogP contribution in [0.25, 0.3) is 0 Å². The van der Waals surface area contributed by atoms with Crippen LogP contribution in [0.15, 0.2) is 42.6 Å². The first-order valence-corrected chi connectivity index (χ1v) is 7.37. The molecule has 1 aromatic carbocycles. The highest BCUT2D eigenvalue weighted by atomic mass is 16.5. The van der Waals surface area contributed by atoms with Crippen molar-refractivity contribution in [3.05, 3.63) is 48.2 Å². The Bertz CT molecular complexity index is 557. The predicted molar refractivity (Wildman–Crippen MR) is 88.3 cm³/mol. The standard InChI is InChI=1S/C17H23N3O/c1-3-10-18-17-13-15(8-11-19-17)20-16-7-5-4-6-14(16)9-12-21-2/h4-8,11,13H,3,9-10,12H2,1-2H3,(H2,18,19,20). The van der Waals surface area contributed by atoms with Gasteiger partial charge in [-0.2, -0.15) is 0 Å². The molecule has 0 atom stereocenters. The fourth-order valence-corrected chi connectivity index (χ4v) is 2.09. The molecule has 2 N–H and O–H groups in total. The van der Waals surface area contributed by atoms with E-state index in [9.17, 15) is 0 Å². The third kappa shape index (κ3) is 4.76. The van der Waals surface area contributed by atoms with Gasteiger partial charge in [-0.15, -0.1) is 0 Å². The molecule has 112 valence electrons. The smallest absolute Gasteiger partial charge is 0.127 e. The fourth-order valence-electron chi connectivity index (χ4n) is 2.09. The maximum atomic E-state index is 5.17. The van der Waals surface area contributed by atoms with E-state index < -0.39 is 0 Å². The van der Waals surface area contributed by atoms with Crippen LogP contribution in [0.1, 0.15) is 18.9 Å². The first-order valence-electron chi connectivity index (χ1n) is 7.37. The molecule has 0 fully saturated rings. The number of hydrogen-bond donors (Lipinski definition) is 2. The molecule has 0 saturated carbocycles. The van der Waals surface area contributed by atoms with Crippen LogP contribution in [0.4, 0.5) is 17.2 Å². The van der Waals surface area contributed by atoms with Gasteiger partial charge in [0.2, 0.25) is 0 Å². The molecule has 0 radical (unpaired) electrons. The summed E-state index contributed by atoms with van der Waals surface area (Å²) in [5.74, 6) is 0.899. The summed E-state index contributed by atoms with van der Waals surface area (Å²) < 4.78 is 5.17. The molecule has 21 heavy (non-hydrogen) atoms. The van der Waals surface area contributed by atoms with E-state index >= 15 is 0 Å². The summed E-state index contributed by atoms with van der Waals surface area (Å²) >= 11 is 0. The number of aromatic nitrogens is 1. The molecule has 0 saturated heterocycles. The van der Waals surface area contributed by atoms with Crippen LogP contribution < -0.4 is 10.6 Å². The van der Waals surface area contributed by atoms with Crippen molar-refractivity contribution in [2.45, 2.75) is 19.8 Å². The molecule has 0 bridgehead atoms. The number of methoxy groups -OCH3 is 1. The van der Waals surface area contributed by atoms with Crippen molar-refractivity contribution in [3.63, 3.8) is 0 Å². The van der Waals surface area contributed by atoms with Gasteiger partial charge in [-0.05, 0) is 30.5 Å². The number of ether oxygens (including phenoxy) is 1. The lowest BCUT2D eigenvalue weighted by molar-refractivity contribution is 0.202. The number of para-hydroxylation sites is 1. The van der Waals surface area contributed by atoms with Crippen LogP contribution in [0.5, 0.6) is 0 Å². The van der Waals surface area contributed by atoms with Crippen molar-refractivity contribution < 1.29 is 4.74 Å².